The maximum Gasteiger partial charge on any atom is 0.339 e. The lowest BCUT2D eigenvalue weighted by Gasteiger charge is -2.26. The molecule has 0 bridgehead atoms. The van der Waals surface area contributed by atoms with Crippen LogP contribution in [0.5, 0.6) is 5.75 Å². The van der Waals surface area contributed by atoms with Crippen LogP contribution in [0.15, 0.2) is 83.3 Å². The first-order valence-corrected chi connectivity index (χ1v) is 11.3. The number of hydrogen-bond donors (Lipinski definition) is 1. The monoisotopic (exact) mass is 480 g/mol. The summed E-state index contributed by atoms with van der Waals surface area (Å²) in [6.45, 7) is 1.82. The van der Waals surface area contributed by atoms with Crippen molar-refractivity contribution in [2.24, 2.45) is 0 Å². The zero-order valence-corrected chi connectivity index (χ0v) is 18.5. The number of halogens is 1. The highest BCUT2D eigenvalue weighted by atomic mass is 32.2. The first-order chi connectivity index (χ1) is 16.1. The molecule has 0 aliphatic carbocycles. The average molecular weight is 480 g/mol. The lowest BCUT2D eigenvalue weighted by molar-refractivity contribution is -0.122. The number of nitrogens with one attached hydrogen (secondary N) is 1. The minimum Gasteiger partial charge on any atom is -0.379 e. The van der Waals surface area contributed by atoms with E-state index in [-0.39, 0.29) is 27.5 Å². The molecule has 0 saturated carbocycles. The van der Waals surface area contributed by atoms with Gasteiger partial charge in [-0.2, -0.15) is 8.42 Å². The molecule has 4 amide bonds. The molecule has 34 heavy (non-hydrogen) atoms. The number of benzene rings is 3. The summed E-state index contributed by atoms with van der Waals surface area (Å²) in [7, 11) is -4.11. The maximum atomic E-state index is 13.2. The Morgan fingerprint density at radius 2 is 1.62 bits per heavy atom. The van der Waals surface area contributed by atoms with Crippen molar-refractivity contribution >= 4 is 39.7 Å². The van der Waals surface area contributed by atoms with Gasteiger partial charge in [-0.15, -0.1) is 0 Å². The number of nitrogens with zero attached hydrogens (tertiary/aromatic N) is 1. The molecule has 10 heteroatoms. The Morgan fingerprint density at radius 1 is 0.941 bits per heavy atom. The predicted octanol–water partition coefficient (Wildman–Crippen LogP) is 3.57. The molecule has 0 spiro atoms. The Balaban J connectivity index is 1.63. The van der Waals surface area contributed by atoms with Crippen molar-refractivity contribution < 1.29 is 31.4 Å². The van der Waals surface area contributed by atoms with Crippen LogP contribution in [-0.2, 0) is 19.7 Å². The van der Waals surface area contributed by atoms with Crippen LogP contribution in [0.1, 0.15) is 11.1 Å². The Morgan fingerprint density at radius 3 is 2.29 bits per heavy atom. The standard InChI is InChI=1S/C24H17FN2O6S/c1-15-5-11-20(12-6-15)34(31,32)33-19-4-2-3-16(13-19)14-21-22(28)26-24(30)27(23(21)29)18-9-7-17(25)8-10-18/h2-14H,1H3,(H,26,28,30)/b21-14-. The molecule has 1 aliphatic heterocycles. The van der Waals surface area contributed by atoms with Crippen LogP contribution in [0.25, 0.3) is 6.08 Å². The number of aryl methyl sites for hydroxylation is 1. The van der Waals surface area contributed by atoms with Crippen LogP contribution in [0, 0.1) is 12.7 Å². The predicted molar refractivity (Wildman–Crippen MR) is 121 cm³/mol. The van der Waals surface area contributed by atoms with Crippen LogP contribution in [0.2, 0.25) is 0 Å². The minimum atomic E-state index is -4.11. The van der Waals surface area contributed by atoms with Crippen molar-refractivity contribution in [1.82, 2.24) is 5.32 Å². The Bertz CT molecular complexity index is 1430. The van der Waals surface area contributed by atoms with Crippen molar-refractivity contribution in [3.8, 4) is 5.75 Å². The number of amides is 4. The molecule has 1 fully saturated rings. The van der Waals surface area contributed by atoms with Crippen LogP contribution >= 0.6 is 0 Å². The highest BCUT2D eigenvalue weighted by Crippen LogP contribution is 2.25. The van der Waals surface area contributed by atoms with Gasteiger partial charge in [-0.25, -0.2) is 14.1 Å². The van der Waals surface area contributed by atoms with E-state index in [4.69, 9.17) is 4.18 Å². The van der Waals surface area contributed by atoms with E-state index < -0.39 is 33.8 Å². The molecule has 3 aromatic rings. The van der Waals surface area contributed by atoms with Crippen molar-refractivity contribution in [3.05, 3.63) is 95.3 Å². The molecular formula is C24H17FN2O6S. The molecule has 4 rings (SSSR count). The zero-order chi connectivity index (χ0) is 24.5. The van der Waals surface area contributed by atoms with Gasteiger partial charge in [0.25, 0.3) is 11.8 Å². The molecule has 1 N–H and O–H groups in total. The van der Waals surface area contributed by atoms with Gasteiger partial charge in [0.2, 0.25) is 0 Å². The van der Waals surface area contributed by atoms with E-state index in [1.807, 2.05) is 6.92 Å². The van der Waals surface area contributed by atoms with Crippen LogP contribution < -0.4 is 14.4 Å². The fourth-order valence-corrected chi connectivity index (χ4v) is 4.11. The van der Waals surface area contributed by atoms with E-state index in [0.29, 0.717) is 4.90 Å². The molecule has 8 nitrogen and oxygen atoms in total. The van der Waals surface area contributed by atoms with Gasteiger partial charge in [-0.1, -0.05) is 29.8 Å². The second kappa shape index (κ2) is 8.91. The van der Waals surface area contributed by atoms with Gasteiger partial charge >= 0.3 is 16.1 Å². The topological polar surface area (TPSA) is 110 Å². The Labute approximate surface area is 194 Å². The molecule has 1 aliphatic rings. The van der Waals surface area contributed by atoms with E-state index in [2.05, 4.69) is 5.32 Å². The summed E-state index contributed by atoms with van der Waals surface area (Å²) >= 11 is 0. The number of anilines is 1. The quantitative estimate of drug-likeness (QED) is 0.340. The molecule has 0 radical (unpaired) electrons. The van der Waals surface area contributed by atoms with Gasteiger partial charge < -0.3 is 4.18 Å². The van der Waals surface area contributed by atoms with Crippen LogP contribution in [0.3, 0.4) is 0 Å². The van der Waals surface area contributed by atoms with Gasteiger partial charge in [-0.3, -0.25) is 14.9 Å². The number of urea groups is 1. The third kappa shape index (κ3) is 4.71. The number of imide groups is 2. The number of barbiturate groups is 1. The van der Waals surface area contributed by atoms with E-state index in [1.54, 1.807) is 12.1 Å². The van der Waals surface area contributed by atoms with E-state index in [1.165, 1.54) is 54.6 Å². The third-order valence-corrected chi connectivity index (χ3v) is 6.13. The number of hydrogen-bond acceptors (Lipinski definition) is 6. The minimum absolute atomic E-state index is 0.0304. The fourth-order valence-electron chi connectivity index (χ4n) is 3.18. The van der Waals surface area contributed by atoms with E-state index in [9.17, 15) is 27.2 Å². The number of carbonyl (C=O) groups excluding carboxylic acids is 3. The fraction of sp³-hybridized carbons (Fsp3) is 0.0417. The first-order valence-electron chi connectivity index (χ1n) is 9.92. The van der Waals surface area contributed by atoms with Gasteiger partial charge in [0.1, 0.15) is 22.0 Å². The van der Waals surface area contributed by atoms with Gasteiger partial charge in [0.15, 0.2) is 0 Å². The highest BCUT2D eigenvalue weighted by Gasteiger charge is 2.36. The summed E-state index contributed by atoms with van der Waals surface area (Å²) in [4.78, 5) is 38.2. The van der Waals surface area contributed by atoms with Crippen LogP contribution in [-0.4, -0.2) is 26.3 Å². The molecule has 3 aromatic carbocycles. The molecule has 0 aromatic heterocycles. The normalized spacial score (nSPS) is 15.4. The third-order valence-electron chi connectivity index (χ3n) is 4.87. The van der Waals surface area contributed by atoms with Crippen molar-refractivity contribution in [2.45, 2.75) is 11.8 Å². The number of carbonyl (C=O) groups is 3. The summed E-state index contributed by atoms with van der Waals surface area (Å²) in [6, 6.07) is 15.5. The lowest BCUT2D eigenvalue weighted by atomic mass is 10.1. The Hall–Kier alpha value is -4.31. The largest absolute Gasteiger partial charge is 0.379 e. The van der Waals surface area contributed by atoms with Gasteiger partial charge in [0.05, 0.1) is 5.69 Å². The smallest absolute Gasteiger partial charge is 0.339 e. The lowest BCUT2D eigenvalue weighted by Crippen LogP contribution is -2.54. The summed E-state index contributed by atoms with van der Waals surface area (Å²) in [5.41, 5.74) is 0.866. The van der Waals surface area contributed by atoms with Crippen molar-refractivity contribution in [1.29, 1.82) is 0 Å². The van der Waals surface area contributed by atoms with Gasteiger partial charge in [0, 0.05) is 0 Å². The second-order valence-electron chi connectivity index (χ2n) is 7.36. The molecule has 0 atom stereocenters. The highest BCUT2D eigenvalue weighted by molar-refractivity contribution is 7.87. The average Bonchev–Trinajstić information content (AvgIpc) is 2.78. The molecule has 172 valence electrons. The summed E-state index contributed by atoms with van der Waals surface area (Å²) in [6.07, 6.45) is 1.20. The molecule has 0 unspecified atom stereocenters. The SMILES string of the molecule is Cc1ccc(S(=O)(=O)Oc2cccc(/C=C3/C(=O)NC(=O)N(c4ccc(F)cc4)C3=O)c2)cc1. The first kappa shape index (κ1) is 22.9. The molecule has 1 saturated heterocycles. The van der Waals surface area contributed by atoms with Crippen LogP contribution in [0.4, 0.5) is 14.9 Å². The zero-order valence-electron chi connectivity index (χ0n) is 17.7. The summed E-state index contributed by atoms with van der Waals surface area (Å²) < 4.78 is 43.5. The number of rotatable bonds is 5. The second-order valence-corrected chi connectivity index (χ2v) is 8.90. The molecular weight excluding hydrogens is 463 g/mol. The Kier molecular flexibility index (Phi) is 5.99. The summed E-state index contributed by atoms with van der Waals surface area (Å²) in [5.74, 6) is -2.44. The van der Waals surface area contributed by atoms with Crippen molar-refractivity contribution in [2.75, 3.05) is 4.90 Å². The van der Waals surface area contributed by atoms with E-state index >= 15 is 0 Å². The molecule has 1 heterocycles. The van der Waals surface area contributed by atoms with E-state index in [0.717, 1.165) is 17.7 Å². The van der Waals surface area contributed by atoms with Crippen molar-refractivity contribution in [3.63, 3.8) is 0 Å². The maximum absolute atomic E-state index is 13.2. The summed E-state index contributed by atoms with van der Waals surface area (Å²) in [5, 5.41) is 2.06. The van der Waals surface area contributed by atoms with Gasteiger partial charge in [-0.05, 0) is 67.1 Å².